The molecule has 0 aliphatic rings. The van der Waals surface area contributed by atoms with Crippen LogP contribution in [0.4, 0.5) is 0 Å². The third kappa shape index (κ3) is 2.61. The zero-order valence-corrected chi connectivity index (χ0v) is 10.5. The van der Waals surface area contributed by atoms with Gasteiger partial charge >= 0.3 is 5.97 Å². The highest BCUT2D eigenvalue weighted by Gasteiger charge is 2.08. The van der Waals surface area contributed by atoms with E-state index in [0.717, 1.165) is 11.1 Å². The number of hydrogen-bond donors (Lipinski definition) is 0. The van der Waals surface area contributed by atoms with Crippen LogP contribution in [0.3, 0.4) is 0 Å². The fraction of sp³-hybridized carbons (Fsp3) is 0.385. The van der Waals surface area contributed by atoms with E-state index in [0.29, 0.717) is 25.3 Å². The largest absolute Gasteiger partial charge is 0.480 e. The summed E-state index contributed by atoms with van der Waals surface area (Å²) in [5.41, 5.74) is 1.97. The van der Waals surface area contributed by atoms with E-state index in [-0.39, 0.29) is 5.97 Å². The van der Waals surface area contributed by atoms with Crippen molar-refractivity contribution in [1.82, 2.24) is 9.38 Å². The first-order valence-electron chi connectivity index (χ1n) is 5.89. The third-order valence-corrected chi connectivity index (χ3v) is 2.66. The van der Waals surface area contributed by atoms with Crippen LogP contribution in [0.1, 0.15) is 18.9 Å². The van der Waals surface area contributed by atoms with E-state index in [1.165, 1.54) is 0 Å². The molecule has 2 aromatic rings. The van der Waals surface area contributed by atoms with Crippen molar-refractivity contribution in [3.63, 3.8) is 0 Å². The van der Waals surface area contributed by atoms with E-state index in [9.17, 15) is 4.79 Å². The zero-order valence-electron chi connectivity index (χ0n) is 10.5. The highest BCUT2D eigenvalue weighted by molar-refractivity contribution is 5.70. The number of methoxy groups -OCH3 is 1. The van der Waals surface area contributed by atoms with E-state index < -0.39 is 0 Å². The van der Waals surface area contributed by atoms with Gasteiger partial charge in [-0.25, -0.2) is 4.98 Å². The summed E-state index contributed by atoms with van der Waals surface area (Å²) in [7, 11) is 1.59. The molecule has 0 radical (unpaired) electrons. The smallest absolute Gasteiger partial charge is 0.306 e. The lowest BCUT2D eigenvalue weighted by atomic mass is 10.2. The van der Waals surface area contributed by atoms with Gasteiger partial charge in [0.25, 0.3) is 0 Å². The van der Waals surface area contributed by atoms with Crippen LogP contribution in [0.25, 0.3) is 5.52 Å². The third-order valence-electron chi connectivity index (χ3n) is 2.66. The van der Waals surface area contributed by atoms with Gasteiger partial charge in [0.2, 0.25) is 5.88 Å². The van der Waals surface area contributed by atoms with Crippen LogP contribution < -0.4 is 4.74 Å². The van der Waals surface area contributed by atoms with E-state index in [4.69, 9.17) is 9.47 Å². The van der Waals surface area contributed by atoms with Crippen LogP contribution in [-0.2, 0) is 16.0 Å². The average molecular weight is 248 g/mol. The Morgan fingerprint density at radius 2 is 2.33 bits per heavy atom. The Morgan fingerprint density at radius 1 is 1.50 bits per heavy atom. The van der Waals surface area contributed by atoms with Gasteiger partial charge in [0, 0.05) is 25.0 Å². The number of nitrogens with zero attached hydrogens (tertiary/aromatic N) is 2. The Kier molecular flexibility index (Phi) is 3.82. The predicted octanol–water partition coefficient (Wildman–Crippen LogP) is 1.84. The SMILES string of the molecule is CCOC(=O)CCc1cc2c(OC)nccn2c1. The van der Waals surface area contributed by atoms with Crippen LogP contribution in [0.15, 0.2) is 24.7 Å². The normalized spacial score (nSPS) is 10.6. The van der Waals surface area contributed by atoms with Gasteiger partial charge in [-0.2, -0.15) is 0 Å². The number of rotatable bonds is 5. The highest BCUT2D eigenvalue weighted by atomic mass is 16.5. The maximum absolute atomic E-state index is 11.3. The summed E-state index contributed by atoms with van der Waals surface area (Å²) in [4.78, 5) is 15.4. The molecule has 0 N–H and O–H groups in total. The van der Waals surface area contributed by atoms with E-state index in [2.05, 4.69) is 4.98 Å². The Morgan fingerprint density at radius 3 is 3.06 bits per heavy atom. The van der Waals surface area contributed by atoms with Crippen LogP contribution in [0, 0.1) is 0 Å². The molecule has 0 atom stereocenters. The van der Waals surface area contributed by atoms with E-state index in [1.807, 2.05) is 22.9 Å². The molecule has 0 aliphatic carbocycles. The number of aryl methyl sites for hydroxylation is 1. The number of hydrogen-bond acceptors (Lipinski definition) is 4. The molecule has 5 nitrogen and oxygen atoms in total. The second-order valence-electron chi connectivity index (χ2n) is 3.88. The molecule has 0 saturated heterocycles. The van der Waals surface area contributed by atoms with Crippen LogP contribution in [0.2, 0.25) is 0 Å². The molecule has 0 aromatic carbocycles. The summed E-state index contributed by atoms with van der Waals surface area (Å²) in [6.45, 7) is 2.23. The van der Waals surface area contributed by atoms with Gasteiger partial charge in [0.1, 0.15) is 5.52 Å². The van der Waals surface area contributed by atoms with Gasteiger partial charge in [0.05, 0.1) is 13.7 Å². The van der Waals surface area contributed by atoms with Crippen molar-refractivity contribution in [1.29, 1.82) is 0 Å². The number of esters is 1. The first kappa shape index (κ1) is 12.4. The first-order chi connectivity index (χ1) is 8.74. The monoisotopic (exact) mass is 248 g/mol. The molecule has 5 heteroatoms. The van der Waals surface area contributed by atoms with Gasteiger partial charge in [-0.05, 0) is 25.0 Å². The van der Waals surface area contributed by atoms with Gasteiger partial charge in [0.15, 0.2) is 0 Å². The van der Waals surface area contributed by atoms with Gasteiger partial charge in [-0.1, -0.05) is 0 Å². The molecule has 0 unspecified atom stereocenters. The first-order valence-corrected chi connectivity index (χ1v) is 5.89. The number of carbonyl (C=O) groups excluding carboxylic acids is 1. The Bertz CT molecular complexity index is 548. The fourth-order valence-electron chi connectivity index (χ4n) is 1.84. The highest BCUT2D eigenvalue weighted by Crippen LogP contribution is 2.19. The number of carbonyl (C=O) groups is 1. The van der Waals surface area contributed by atoms with E-state index >= 15 is 0 Å². The summed E-state index contributed by atoms with van der Waals surface area (Å²) < 4.78 is 12.0. The standard InChI is InChI=1S/C13H16N2O3/c1-3-18-12(16)5-4-10-8-11-13(17-2)14-6-7-15(11)9-10/h6-9H,3-5H2,1-2H3. The van der Waals surface area contributed by atoms with Crippen LogP contribution in [0.5, 0.6) is 5.88 Å². The lowest BCUT2D eigenvalue weighted by molar-refractivity contribution is -0.143. The topological polar surface area (TPSA) is 52.8 Å². The van der Waals surface area contributed by atoms with Gasteiger partial charge < -0.3 is 13.9 Å². The maximum atomic E-state index is 11.3. The molecule has 0 aliphatic heterocycles. The molecule has 96 valence electrons. The molecule has 2 aromatic heterocycles. The molecule has 0 saturated carbocycles. The minimum Gasteiger partial charge on any atom is -0.480 e. The van der Waals surface area contributed by atoms with Crippen molar-refractivity contribution in [2.75, 3.05) is 13.7 Å². The van der Waals surface area contributed by atoms with Crippen molar-refractivity contribution in [2.24, 2.45) is 0 Å². The number of fused-ring (bicyclic) bond motifs is 1. The molecular weight excluding hydrogens is 232 g/mol. The lowest BCUT2D eigenvalue weighted by Crippen LogP contribution is -2.04. The fourth-order valence-corrected chi connectivity index (χ4v) is 1.84. The summed E-state index contributed by atoms with van der Waals surface area (Å²) in [6.07, 6.45) is 6.55. The van der Waals surface area contributed by atoms with Crippen molar-refractivity contribution < 1.29 is 14.3 Å². The summed E-state index contributed by atoms with van der Waals surface area (Å²) in [5, 5.41) is 0. The van der Waals surface area contributed by atoms with Crippen LogP contribution in [-0.4, -0.2) is 29.1 Å². The van der Waals surface area contributed by atoms with Crippen molar-refractivity contribution >= 4 is 11.5 Å². The minimum atomic E-state index is -0.169. The Labute approximate surface area is 105 Å². The van der Waals surface area contributed by atoms with Crippen molar-refractivity contribution in [3.8, 4) is 5.88 Å². The number of aromatic nitrogens is 2. The molecular formula is C13H16N2O3. The summed E-state index contributed by atoms with van der Waals surface area (Å²) in [6, 6.07) is 1.98. The summed E-state index contributed by atoms with van der Waals surface area (Å²) >= 11 is 0. The van der Waals surface area contributed by atoms with Crippen molar-refractivity contribution in [2.45, 2.75) is 19.8 Å². The molecule has 0 spiro atoms. The molecule has 2 heterocycles. The van der Waals surface area contributed by atoms with Gasteiger partial charge in [-0.3, -0.25) is 4.79 Å². The molecule has 0 bridgehead atoms. The minimum absolute atomic E-state index is 0.169. The second kappa shape index (κ2) is 5.53. The van der Waals surface area contributed by atoms with Gasteiger partial charge in [-0.15, -0.1) is 0 Å². The lowest BCUT2D eigenvalue weighted by Gasteiger charge is -1.99. The van der Waals surface area contributed by atoms with E-state index in [1.54, 1.807) is 20.2 Å². The molecule has 0 fully saturated rings. The predicted molar refractivity (Wildman–Crippen MR) is 66.7 cm³/mol. The number of ether oxygens (including phenoxy) is 2. The molecule has 0 amide bonds. The summed E-state index contributed by atoms with van der Waals surface area (Å²) in [5.74, 6) is 0.415. The maximum Gasteiger partial charge on any atom is 0.306 e. The second-order valence-corrected chi connectivity index (χ2v) is 3.88. The zero-order chi connectivity index (χ0) is 13.0. The molecule has 18 heavy (non-hydrogen) atoms. The Balaban J connectivity index is 2.13. The average Bonchev–Trinajstić information content (AvgIpc) is 2.79. The molecule has 2 rings (SSSR count). The Hall–Kier alpha value is -2.04. The van der Waals surface area contributed by atoms with Crippen molar-refractivity contribution in [3.05, 3.63) is 30.2 Å². The quantitative estimate of drug-likeness (QED) is 0.758. The van der Waals surface area contributed by atoms with Crippen LogP contribution >= 0.6 is 0 Å².